The van der Waals surface area contributed by atoms with Gasteiger partial charge in [-0.05, 0) is 30.7 Å². The highest BCUT2D eigenvalue weighted by Gasteiger charge is 2.12. The molecule has 7 nitrogen and oxygen atoms in total. The summed E-state index contributed by atoms with van der Waals surface area (Å²) >= 11 is 0. The van der Waals surface area contributed by atoms with Crippen LogP contribution in [0.3, 0.4) is 0 Å². The minimum atomic E-state index is -0.364. The molecule has 0 unspecified atom stereocenters. The maximum Gasteiger partial charge on any atom is 0.278 e. The number of halogens is 1. The molecule has 0 radical (unpaired) electrons. The molecule has 3 rings (SSSR count). The van der Waals surface area contributed by atoms with Gasteiger partial charge >= 0.3 is 0 Å². The Hall–Kier alpha value is -3.03. The fraction of sp³-hybridized carbons (Fsp3) is 0.200. The zero-order valence-electron chi connectivity index (χ0n) is 12.5. The van der Waals surface area contributed by atoms with Crippen molar-refractivity contribution in [2.45, 2.75) is 20.0 Å². The molecule has 0 aliphatic rings. The average Bonchev–Trinajstić information content (AvgIpc) is 3.19. The minimum Gasteiger partial charge on any atom is -0.288 e. The Morgan fingerprint density at radius 2 is 1.96 bits per heavy atom. The van der Waals surface area contributed by atoms with E-state index < -0.39 is 0 Å². The number of aryl methyl sites for hydroxylation is 1. The smallest absolute Gasteiger partial charge is 0.278 e. The summed E-state index contributed by atoms with van der Waals surface area (Å²) in [6.07, 6.45) is 3.24. The van der Waals surface area contributed by atoms with Gasteiger partial charge in [-0.1, -0.05) is 12.1 Å². The van der Waals surface area contributed by atoms with Crippen LogP contribution in [0.2, 0.25) is 0 Å². The predicted octanol–water partition coefficient (Wildman–Crippen LogP) is 1.93. The van der Waals surface area contributed by atoms with Crippen molar-refractivity contribution in [3.63, 3.8) is 0 Å². The fourth-order valence-corrected chi connectivity index (χ4v) is 2.03. The lowest BCUT2D eigenvalue weighted by atomic mass is 10.2. The molecular formula is C15H15FN6O. The number of hydrogen-bond donors (Lipinski definition) is 1. The van der Waals surface area contributed by atoms with Gasteiger partial charge in [-0.15, -0.1) is 5.10 Å². The van der Waals surface area contributed by atoms with E-state index in [1.54, 1.807) is 33.8 Å². The first-order valence-corrected chi connectivity index (χ1v) is 7.13. The van der Waals surface area contributed by atoms with Crippen molar-refractivity contribution in [1.29, 1.82) is 0 Å². The topological polar surface area (TPSA) is 77.6 Å². The first-order chi connectivity index (χ1) is 11.1. The molecule has 0 saturated carbocycles. The second-order valence-corrected chi connectivity index (χ2v) is 4.90. The molecule has 1 N–H and O–H groups in total. The summed E-state index contributed by atoms with van der Waals surface area (Å²) in [4.78, 5) is 16.1. The molecule has 2 heterocycles. The number of nitrogens with zero attached hydrogens (tertiary/aromatic N) is 5. The van der Waals surface area contributed by atoms with E-state index in [2.05, 4.69) is 20.5 Å². The van der Waals surface area contributed by atoms with E-state index in [4.69, 9.17) is 0 Å². The lowest BCUT2D eigenvalue weighted by molar-refractivity contribution is 0.102. The normalized spacial score (nSPS) is 10.7. The van der Waals surface area contributed by atoms with Gasteiger partial charge in [0.1, 0.15) is 12.1 Å². The first-order valence-electron chi connectivity index (χ1n) is 7.13. The largest absolute Gasteiger partial charge is 0.288 e. The number of benzene rings is 1. The highest BCUT2D eigenvalue weighted by Crippen LogP contribution is 2.06. The highest BCUT2D eigenvalue weighted by atomic mass is 19.1. The fourth-order valence-electron chi connectivity index (χ4n) is 2.03. The lowest BCUT2D eigenvalue weighted by Crippen LogP contribution is -2.14. The number of anilines is 1. The minimum absolute atomic E-state index is 0.197. The Bertz CT molecular complexity index is 807. The number of amides is 1. The molecule has 0 saturated heterocycles. The third kappa shape index (κ3) is 3.60. The monoisotopic (exact) mass is 314 g/mol. The molecular weight excluding hydrogens is 299 g/mol. The molecule has 118 valence electrons. The number of carbonyl (C=O) groups is 1. The summed E-state index contributed by atoms with van der Waals surface area (Å²) < 4.78 is 16.1. The molecule has 2 aromatic heterocycles. The maximum absolute atomic E-state index is 12.9. The van der Waals surface area contributed by atoms with Crippen LogP contribution in [0.25, 0.3) is 0 Å². The van der Waals surface area contributed by atoms with E-state index in [0.717, 1.165) is 5.56 Å². The summed E-state index contributed by atoms with van der Waals surface area (Å²) in [7, 11) is 0. The number of rotatable bonds is 5. The van der Waals surface area contributed by atoms with Crippen molar-refractivity contribution in [3.05, 3.63) is 59.9 Å². The maximum atomic E-state index is 12.9. The zero-order valence-corrected chi connectivity index (χ0v) is 12.5. The van der Waals surface area contributed by atoms with Gasteiger partial charge in [-0.2, -0.15) is 5.10 Å². The van der Waals surface area contributed by atoms with Crippen LogP contribution in [0.15, 0.2) is 42.9 Å². The summed E-state index contributed by atoms with van der Waals surface area (Å²) in [5, 5.41) is 10.9. The Balaban J connectivity index is 1.64. The number of aromatic nitrogens is 5. The Morgan fingerprint density at radius 3 is 2.65 bits per heavy atom. The number of nitrogens with one attached hydrogen (secondary N) is 1. The van der Waals surface area contributed by atoms with Gasteiger partial charge in [0.2, 0.25) is 5.95 Å². The van der Waals surface area contributed by atoms with Crippen molar-refractivity contribution < 1.29 is 9.18 Å². The quantitative estimate of drug-likeness (QED) is 0.780. The molecule has 1 aromatic carbocycles. The third-order valence-corrected chi connectivity index (χ3v) is 3.22. The Morgan fingerprint density at radius 1 is 1.17 bits per heavy atom. The standard InChI is InChI=1S/C15H15FN6O/c1-2-21-8-7-13(19-21)14(23)18-15-17-10-22(20-15)9-11-3-5-12(16)6-4-11/h3-8,10H,2,9H2,1H3,(H,18,20,23). The molecule has 8 heteroatoms. The summed E-state index contributed by atoms with van der Waals surface area (Å²) in [5.41, 5.74) is 1.19. The summed E-state index contributed by atoms with van der Waals surface area (Å²) in [6.45, 7) is 3.07. The van der Waals surface area contributed by atoms with Gasteiger partial charge in [0.15, 0.2) is 5.69 Å². The van der Waals surface area contributed by atoms with Crippen molar-refractivity contribution >= 4 is 11.9 Å². The number of hydrogen-bond acceptors (Lipinski definition) is 4. The zero-order chi connectivity index (χ0) is 16.2. The van der Waals surface area contributed by atoms with Crippen LogP contribution in [-0.4, -0.2) is 30.5 Å². The van der Waals surface area contributed by atoms with Crippen molar-refractivity contribution in [1.82, 2.24) is 24.5 Å². The van der Waals surface area contributed by atoms with Crippen LogP contribution in [0, 0.1) is 5.82 Å². The molecule has 23 heavy (non-hydrogen) atoms. The van der Waals surface area contributed by atoms with Crippen LogP contribution in [0.4, 0.5) is 10.3 Å². The van der Waals surface area contributed by atoms with Crippen LogP contribution >= 0.6 is 0 Å². The van der Waals surface area contributed by atoms with Crippen LogP contribution < -0.4 is 5.32 Å². The third-order valence-electron chi connectivity index (χ3n) is 3.22. The molecule has 0 fully saturated rings. The van der Waals surface area contributed by atoms with Gasteiger partial charge in [-0.3, -0.25) is 14.8 Å². The highest BCUT2D eigenvalue weighted by molar-refractivity contribution is 6.01. The Labute approximate surface area is 131 Å². The van der Waals surface area contributed by atoms with E-state index in [-0.39, 0.29) is 17.7 Å². The first kappa shape index (κ1) is 14.9. The van der Waals surface area contributed by atoms with Crippen molar-refractivity contribution in [3.8, 4) is 0 Å². The van der Waals surface area contributed by atoms with E-state index in [9.17, 15) is 9.18 Å². The second-order valence-electron chi connectivity index (χ2n) is 4.90. The SMILES string of the molecule is CCn1ccc(C(=O)Nc2ncn(Cc3ccc(F)cc3)n2)n1. The molecule has 0 bridgehead atoms. The molecule has 0 aliphatic heterocycles. The van der Waals surface area contributed by atoms with Crippen LogP contribution in [0.1, 0.15) is 23.0 Å². The lowest BCUT2D eigenvalue weighted by Gasteiger charge is -2.01. The molecule has 1 amide bonds. The van der Waals surface area contributed by atoms with Gasteiger partial charge in [0, 0.05) is 12.7 Å². The number of carbonyl (C=O) groups excluding carboxylic acids is 1. The van der Waals surface area contributed by atoms with Gasteiger partial charge < -0.3 is 0 Å². The van der Waals surface area contributed by atoms with Gasteiger partial charge in [0.25, 0.3) is 5.91 Å². The van der Waals surface area contributed by atoms with Gasteiger partial charge in [0.05, 0.1) is 6.54 Å². The van der Waals surface area contributed by atoms with Crippen LogP contribution in [0.5, 0.6) is 0 Å². The second kappa shape index (κ2) is 6.39. The molecule has 0 aliphatic carbocycles. The molecule has 0 spiro atoms. The summed E-state index contributed by atoms with van der Waals surface area (Å²) in [5.74, 6) is -0.452. The van der Waals surface area contributed by atoms with Gasteiger partial charge in [-0.25, -0.2) is 14.1 Å². The summed E-state index contributed by atoms with van der Waals surface area (Å²) in [6, 6.07) is 7.76. The Kier molecular flexibility index (Phi) is 4.13. The van der Waals surface area contributed by atoms with E-state index in [1.165, 1.54) is 18.5 Å². The van der Waals surface area contributed by atoms with E-state index in [0.29, 0.717) is 18.8 Å². The molecule has 0 atom stereocenters. The van der Waals surface area contributed by atoms with Crippen molar-refractivity contribution in [2.24, 2.45) is 0 Å². The van der Waals surface area contributed by atoms with E-state index >= 15 is 0 Å². The van der Waals surface area contributed by atoms with E-state index in [1.807, 2.05) is 6.92 Å². The molecule has 3 aromatic rings. The predicted molar refractivity (Wildman–Crippen MR) is 81.4 cm³/mol. The average molecular weight is 314 g/mol. The van der Waals surface area contributed by atoms with Crippen LogP contribution in [-0.2, 0) is 13.1 Å². The van der Waals surface area contributed by atoms with Crippen molar-refractivity contribution in [2.75, 3.05) is 5.32 Å².